The van der Waals surface area contributed by atoms with E-state index >= 15 is 0 Å². The van der Waals surface area contributed by atoms with Crippen LogP contribution in [0.25, 0.3) is 6.08 Å². The van der Waals surface area contributed by atoms with Crippen molar-refractivity contribution in [3.63, 3.8) is 0 Å². The first-order chi connectivity index (χ1) is 15.5. The minimum absolute atomic E-state index is 0.0481. The van der Waals surface area contributed by atoms with Gasteiger partial charge in [0.25, 0.3) is 5.91 Å². The highest BCUT2D eigenvalue weighted by Gasteiger charge is 2.30. The highest BCUT2D eigenvalue weighted by molar-refractivity contribution is 8.04. The molecule has 2 amide bonds. The molecule has 3 aromatic rings. The average Bonchev–Trinajstić information content (AvgIpc) is 2.82. The van der Waals surface area contributed by atoms with Crippen molar-refractivity contribution in [2.75, 3.05) is 18.6 Å². The highest BCUT2D eigenvalue weighted by atomic mass is 32.2. The third-order valence-corrected chi connectivity index (χ3v) is 6.30. The van der Waals surface area contributed by atoms with Crippen LogP contribution < -0.4 is 15.0 Å². The van der Waals surface area contributed by atoms with Crippen LogP contribution in [0, 0.1) is 0 Å². The van der Waals surface area contributed by atoms with Crippen LogP contribution in [0.1, 0.15) is 24.1 Å². The van der Waals surface area contributed by atoms with Crippen LogP contribution in [0.2, 0.25) is 0 Å². The number of hydrogen-bond acceptors (Lipinski definition) is 4. The van der Waals surface area contributed by atoms with E-state index in [9.17, 15) is 9.59 Å². The van der Waals surface area contributed by atoms with E-state index in [1.54, 1.807) is 12.0 Å². The molecule has 32 heavy (non-hydrogen) atoms. The molecule has 5 nitrogen and oxygen atoms in total. The van der Waals surface area contributed by atoms with Crippen LogP contribution in [0.5, 0.6) is 5.75 Å². The van der Waals surface area contributed by atoms with Crippen molar-refractivity contribution in [3.8, 4) is 5.75 Å². The largest absolute Gasteiger partial charge is 0.497 e. The maximum absolute atomic E-state index is 13.3. The van der Waals surface area contributed by atoms with E-state index in [0.717, 1.165) is 27.5 Å². The summed E-state index contributed by atoms with van der Waals surface area (Å²) in [6.07, 6.45) is 1.85. The summed E-state index contributed by atoms with van der Waals surface area (Å²) in [4.78, 5) is 29.2. The fraction of sp³-hybridized carbons (Fsp3) is 0.154. The molecule has 0 spiro atoms. The van der Waals surface area contributed by atoms with Crippen LogP contribution in [-0.2, 0) is 9.59 Å². The van der Waals surface area contributed by atoms with Crippen LogP contribution in [0.15, 0.2) is 88.7 Å². The van der Waals surface area contributed by atoms with Crippen LogP contribution in [0.4, 0.5) is 5.69 Å². The van der Waals surface area contributed by atoms with Gasteiger partial charge in [0.05, 0.1) is 23.7 Å². The van der Waals surface area contributed by atoms with Crippen molar-refractivity contribution in [3.05, 3.63) is 94.9 Å². The summed E-state index contributed by atoms with van der Waals surface area (Å²) in [5, 5.41) is 3.00. The van der Waals surface area contributed by atoms with Gasteiger partial charge in [0.15, 0.2) is 0 Å². The van der Waals surface area contributed by atoms with Crippen molar-refractivity contribution in [2.45, 2.75) is 17.9 Å². The number of para-hydroxylation sites is 1. The molecule has 0 saturated carbocycles. The third-order valence-electron chi connectivity index (χ3n) is 5.22. The molecule has 1 heterocycles. The molecule has 0 radical (unpaired) electrons. The van der Waals surface area contributed by atoms with E-state index in [4.69, 9.17) is 4.74 Å². The first kappa shape index (κ1) is 21.7. The predicted octanol–water partition coefficient (Wildman–Crippen LogP) is 5.05. The maximum Gasteiger partial charge on any atom is 0.265 e. The zero-order chi connectivity index (χ0) is 22.5. The van der Waals surface area contributed by atoms with Gasteiger partial charge in [-0.3, -0.25) is 14.5 Å². The van der Waals surface area contributed by atoms with Crippen molar-refractivity contribution in [1.82, 2.24) is 5.32 Å². The summed E-state index contributed by atoms with van der Waals surface area (Å²) in [5.41, 5.74) is 2.65. The molecule has 162 valence electrons. The van der Waals surface area contributed by atoms with Crippen LogP contribution in [0.3, 0.4) is 0 Å². The van der Waals surface area contributed by atoms with Gasteiger partial charge < -0.3 is 10.1 Å². The van der Waals surface area contributed by atoms with Crippen molar-refractivity contribution < 1.29 is 14.3 Å². The van der Waals surface area contributed by atoms with Gasteiger partial charge in [-0.15, -0.1) is 0 Å². The topological polar surface area (TPSA) is 58.6 Å². The Morgan fingerprint density at radius 3 is 2.44 bits per heavy atom. The first-order valence-electron chi connectivity index (χ1n) is 10.3. The lowest BCUT2D eigenvalue weighted by Gasteiger charge is -2.30. The molecule has 1 N–H and O–H groups in total. The Kier molecular flexibility index (Phi) is 6.61. The van der Waals surface area contributed by atoms with Crippen molar-refractivity contribution in [2.24, 2.45) is 0 Å². The number of nitrogens with zero attached hydrogens (tertiary/aromatic N) is 1. The summed E-state index contributed by atoms with van der Waals surface area (Å²) in [6, 6.07) is 24.8. The summed E-state index contributed by atoms with van der Waals surface area (Å²) in [5.74, 6) is 0.359. The van der Waals surface area contributed by atoms with E-state index < -0.39 is 0 Å². The number of amides is 2. The molecule has 4 rings (SSSR count). The molecule has 1 aliphatic rings. The van der Waals surface area contributed by atoms with E-state index in [0.29, 0.717) is 4.91 Å². The molecule has 1 aliphatic heterocycles. The lowest BCUT2D eigenvalue weighted by atomic mass is 10.1. The fourth-order valence-electron chi connectivity index (χ4n) is 3.53. The molecule has 3 aromatic carbocycles. The zero-order valence-corrected chi connectivity index (χ0v) is 18.8. The predicted molar refractivity (Wildman–Crippen MR) is 129 cm³/mol. The second-order valence-corrected chi connectivity index (χ2v) is 8.53. The number of rotatable bonds is 6. The van der Waals surface area contributed by atoms with Crippen LogP contribution >= 0.6 is 11.8 Å². The Morgan fingerprint density at radius 2 is 1.72 bits per heavy atom. The number of fused-ring (bicyclic) bond motifs is 1. The summed E-state index contributed by atoms with van der Waals surface area (Å²) in [6.45, 7) is 1.89. The second kappa shape index (κ2) is 9.75. The highest BCUT2D eigenvalue weighted by Crippen LogP contribution is 2.42. The number of carbonyl (C=O) groups is 2. The molecular formula is C26H24N2O3S. The lowest BCUT2D eigenvalue weighted by Crippen LogP contribution is -2.43. The number of nitrogens with one attached hydrogen (secondary N) is 1. The molecule has 0 aromatic heterocycles. The molecular weight excluding hydrogens is 420 g/mol. The quantitative estimate of drug-likeness (QED) is 0.541. The zero-order valence-electron chi connectivity index (χ0n) is 17.9. The molecule has 0 aliphatic carbocycles. The van der Waals surface area contributed by atoms with E-state index in [-0.39, 0.29) is 24.4 Å². The van der Waals surface area contributed by atoms with E-state index in [2.05, 4.69) is 5.32 Å². The van der Waals surface area contributed by atoms with Gasteiger partial charge in [0.1, 0.15) is 12.3 Å². The first-order valence-corrected chi connectivity index (χ1v) is 11.2. The average molecular weight is 445 g/mol. The second-order valence-electron chi connectivity index (χ2n) is 7.44. The van der Waals surface area contributed by atoms with E-state index in [1.165, 1.54) is 11.8 Å². The van der Waals surface area contributed by atoms with Gasteiger partial charge in [0, 0.05) is 4.90 Å². The maximum atomic E-state index is 13.3. The summed E-state index contributed by atoms with van der Waals surface area (Å²) >= 11 is 1.42. The van der Waals surface area contributed by atoms with Crippen molar-refractivity contribution in [1.29, 1.82) is 0 Å². The number of hydrogen-bond donors (Lipinski definition) is 1. The minimum Gasteiger partial charge on any atom is -0.497 e. The lowest BCUT2D eigenvalue weighted by molar-refractivity contribution is -0.122. The molecule has 6 heteroatoms. The van der Waals surface area contributed by atoms with Gasteiger partial charge in [0.2, 0.25) is 5.91 Å². The van der Waals surface area contributed by atoms with Gasteiger partial charge in [-0.2, -0.15) is 0 Å². The Morgan fingerprint density at radius 1 is 1.03 bits per heavy atom. The smallest absolute Gasteiger partial charge is 0.265 e. The van der Waals surface area contributed by atoms with E-state index in [1.807, 2.05) is 91.9 Å². The number of thioether (sulfide) groups is 1. The Labute approximate surface area is 192 Å². The van der Waals surface area contributed by atoms with Gasteiger partial charge in [-0.25, -0.2) is 0 Å². The van der Waals surface area contributed by atoms with Crippen LogP contribution in [-0.4, -0.2) is 25.5 Å². The van der Waals surface area contributed by atoms with Gasteiger partial charge >= 0.3 is 0 Å². The minimum atomic E-state index is -0.208. The molecule has 1 atom stereocenters. The van der Waals surface area contributed by atoms with Crippen molar-refractivity contribution >= 4 is 35.3 Å². The molecule has 0 fully saturated rings. The summed E-state index contributed by atoms with van der Waals surface area (Å²) in [7, 11) is 1.62. The Balaban J connectivity index is 1.56. The Hall–Kier alpha value is -3.51. The third kappa shape index (κ3) is 4.86. The Bertz CT molecular complexity index is 1140. The SMILES string of the molecule is COc1ccc(C=C2Sc3ccccc3N(CC(=O)NC(C)c3ccccc3)C2=O)cc1. The monoisotopic (exact) mass is 444 g/mol. The van der Waals surface area contributed by atoms with Gasteiger partial charge in [-0.05, 0) is 48.4 Å². The molecule has 1 unspecified atom stereocenters. The normalized spacial score (nSPS) is 15.2. The number of anilines is 1. The van der Waals surface area contributed by atoms with Gasteiger partial charge in [-0.1, -0.05) is 66.4 Å². The number of benzene rings is 3. The summed E-state index contributed by atoms with van der Waals surface area (Å²) < 4.78 is 5.21. The number of ether oxygens (including phenoxy) is 1. The number of methoxy groups -OCH3 is 1. The molecule has 0 saturated heterocycles. The fourth-order valence-corrected chi connectivity index (χ4v) is 4.59. The number of carbonyl (C=O) groups excluding carboxylic acids is 2. The standard InChI is InChI=1S/C26H24N2O3S/c1-18(20-8-4-3-5-9-20)27-25(29)17-28-22-10-6-7-11-23(22)32-24(26(28)30)16-19-12-14-21(31-2)15-13-19/h3-16,18H,17H2,1-2H3,(H,27,29). The molecule has 0 bridgehead atoms.